The maximum atomic E-state index is 5.79. The van der Waals surface area contributed by atoms with E-state index in [1.54, 1.807) is 6.26 Å². The molecule has 0 spiro atoms. The first-order valence-corrected chi connectivity index (χ1v) is 8.09. The van der Waals surface area contributed by atoms with Crippen LogP contribution in [0.3, 0.4) is 0 Å². The van der Waals surface area contributed by atoms with Crippen molar-refractivity contribution in [2.75, 3.05) is 6.61 Å². The van der Waals surface area contributed by atoms with Crippen LogP contribution in [0.25, 0.3) is 22.6 Å². The van der Waals surface area contributed by atoms with Gasteiger partial charge in [-0.2, -0.15) is 0 Å². The van der Waals surface area contributed by atoms with Crippen LogP contribution in [0.1, 0.15) is 6.42 Å². The monoisotopic (exact) mass is 318 g/mol. The first-order valence-electron chi connectivity index (χ1n) is 8.09. The zero-order chi connectivity index (χ0) is 16.2. The van der Waals surface area contributed by atoms with Crippen LogP contribution in [0, 0.1) is 0 Å². The first kappa shape index (κ1) is 14.6. The number of benzene rings is 2. The van der Waals surface area contributed by atoms with E-state index in [9.17, 15) is 0 Å². The van der Waals surface area contributed by atoms with Crippen molar-refractivity contribution in [1.29, 1.82) is 0 Å². The van der Waals surface area contributed by atoms with Crippen molar-refractivity contribution in [3.05, 3.63) is 73.0 Å². The fourth-order valence-corrected chi connectivity index (χ4v) is 2.83. The second-order valence-electron chi connectivity index (χ2n) is 5.57. The quantitative estimate of drug-likeness (QED) is 0.481. The molecule has 0 aliphatic carbocycles. The van der Waals surface area contributed by atoms with Crippen LogP contribution in [0.5, 0.6) is 5.75 Å². The number of rotatable bonds is 6. The molecule has 0 atom stereocenters. The molecular formula is C20H18N2O2. The number of aromatic nitrogens is 2. The molecule has 0 unspecified atom stereocenters. The van der Waals surface area contributed by atoms with Gasteiger partial charge in [0.05, 0.1) is 23.9 Å². The van der Waals surface area contributed by atoms with Gasteiger partial charge >= 0.3 is 0 Å². The molecule has 0 saturated heterocycles. The van der Waals surface area contributed by atoms with E-state index in [4.69, 9.17) is 14.1 Å². The minimum Gasteiger partial charge on any atom is -0.494 e. The molecule has 0 aliphatic rings. The van der Waals surface area contributed by atoms with Crippen molar-refractivity contribution in [3.63, 3.8) is 0 Å². The van der Waals surface area contributed by atoms with Crippen molar-refractivity contribution >= 4 is 11.0 Å². The average molecular weight is 318 g/mol. The number of hydrogen-bond acceptors (Lipinski definition) is 3. The largest absolute Gasteiger partial charge is 0.494 e. The summed E-state index contributed by atoms with van der Waals surface area (Å²) in [6, 6.07) is 21.9. The molecule has 24 heavy (non-hydrogen) atoms. The van der Waals surface area contributed by atoms with E-state index in [1.165, 1.54) is 0 Å². The molecule has 0 N–H and O–H groups in total. The standard InChI is InChI=1S/C20H18N2O2/c1-2-8-16(9-3-1)23-15-7-13-22-18-11-5-4-10-17(18)21-20(22)19-12-6-14-24-19/h1-6,8-12,14H,7,13,15H2. The van der Waals surface area contributed by atoms with Crippen LogP contribution in [0.15, 0.2) is 77.4 Å². The SMILES string of the molecule is c1ccc(OCCCn2c(-c3ccco3)nc3ccccc32)cc1. The number of ether oxygens (including phenoxy) is 1. The summed E-state index contributed by atoms with van der Waals surface area (Å²) in [6.45, 7) is 1.48. The molecule has 2 heterocycles. The number of aryl methyl sites for hydroxylation is 1. The normalized spacial score (nSPS) is 11.0. The molecule has 4 aromatic rings. The van der Waals surface area contributed by atoms with E-state index in [0.717, 1.165) is 41.3 Å². The van der Waals surface area contributed by atoms with Gasteiger partial charge in [0.25, 0.3) is 0 Å². The predicted molar refractivity (Wildman–Crippen MR) is 94.0 cm³/mol. The van der Waals surface area contributed by atoms with E-state index < -0.39 is 0 Å². The fourth-order valence-electron chi connectivity index (χ4n) is 2.83. The molecule has 0 amide bonds. The summed E-state index contributed by atoms with van der Waals surface area (Å²) >= 11 is 0. The van der Waals surface area contributed by atoms with Crippen molar-refractivity contribution in [3.8, 4) is 17.3 Å². The van der Waals surface area contributed by atoms with Gasteiger partial charge in [0, 0.05) is 6.54 Å². The number of furan rings is 1. The van der Waals surface area contributed by atoms with E-state index in [-0.39, 0.29) is 0 Å². The molecule has 0 radical (unpaired) electrons. The maximum Gasteiger partial charge on any atom is 0.177 e. The lowest BCUT2D eigenvalue weighted by Gasteiger charge is -2.09. The average Bonchev–Trinajstić information content (AvgIpc) is 3.27. The van der Waals surface area contributed by atoms with E-state index in [2.05, 4.69) is 10.6 Å². The minimum absolute atomic E-state index is 0.661. The Labute approximate surface area is 140 Å². The molecule has 120 valence electrons. The van der Waals surface area contributed by atoms with Crippen molar-refractivity contribution < 1.29 is 9.15 Å². The predicted octanol–water partition coefficient (Wildman–Crippen LogP) is 4.77. The van der Waals surface area contributed by atoms with Crippen LogP contribution in [-0.2, 0) is 6.54 Å². The lowest BCUT2D eigenvalue weighted by atomic mass is 10.3. The van der Waals surface area contributed by atoms with Crippen LogP contribution >= 0.6 is 0 Å². The van der Waals surface area contributed by atoms with Gasteiger partial charge in [-0.3, -0.25) is 0 Å². The zero-order valence-electron chi connectivity index (χ0n) is 13.3. The Bertz CT molecular complexity index is 911. The highest BCUT2D eigenvalue weighted by atomic mass is 16.5. The highest BCUT2D eigenvalue weighted by molar-refractivity contribution is 5.79. The Morgan fingerprint density at radius 1 is 0.917 bits per heavy atom. The van der Waals surface area contributed by atoms with Gasteiger partial charge in [0.15, 0.2) is 11.6 Å². The van der Waals surface area contributed by atoms with E-state index in [0.29, 0.717) is 6.61 Å². The number of imidazole rings is 1. The van der Waals surface area contributed by atoms with Gasteiger partial charge in [-0.05, 0) is 42.8 Å². The Hall–Kier alpha value is -3.01. The third kappa shape index (κ3) is 2.91. The third-order valence-corrected chi connectivity index (χ3v) is 3.93. The van der Waals surface area contributed by atoms with Crippen LogP contribution < -0.4 is 4.74 Å². The van der Waals surface area contributed by atoms with Crippen molar-refractivity contribution in [1.82, 2.24) is 9.55 Å². The summed E-state index contributed by atoms with van der Waals surface area (Å²) < 4.78 is 13.5. The molecule has 4 heteroatoms. The number of fused-ring (bicyclic) bond motifs is 1. The molecule has 2 aromatic carbocycles. The third-order valence-electron chi connectivity index (χ3n) is 3.93. The summed E-state index contributed by atoms with van der Waals surface area (Å²) in [7, 11) is 0. The minimum atomic E-state index is 0.661. The number of nitrogens with zero attached hydrogens (tertiary/aromatic N) is 2. The van der Waals surface area contributed by atoms with Gasteiger partial charge in [-0.15, -0.1) is 0 Å². The highest BCUT2D eigenvalue weighted by Gasteiger charge is 2.14. The maximum absolute atomic E-state index is 5.79. The van der Waals surface area contributed by atoms with Gasteiger partial charge in [-0.25, -0.2) is 4.98 Å². The second kappa shape index (κ2) is 6.62. The molecule has 0 aliphatic heterocycles. The lowest BCUT2D eigenvalue weighted by molar-refractivity contribution is 0.302. The Kier molecular flexibility index (Phi) is 4.02. The lowest BCUT2D eigenvalue weighted by Crippen LogP contribution is -2.05. The Balaban J connectivity index is 1.53. The molecule has 4 nitrogen and oxygen atoms in total. The molecule has 0 saturated carbocycles. The summed E-state index contributed by atoms with van der Waals surface area (Å²) in [4.78, 5) is 4.72. The van der Waals surface area contributed by atoms with E-state index in [1.807, 2.05) is 60.7 Å². The zero-order valence-corrected chi connectivity index (χ0v) is 13.3. The van der Waals surface area contributed by atoms with Crippen LogP contribution in [-0.4, -0.2) is 16.2 Å². The molecule has 2 aromatic heterocycles. The molecular weight excluding hydrogens is 300 g/mol. The van der Waals surface area contributed by atoms with Crippen molar-refractivity contribution in [2.24, 2.45) is 0 Å². The van der Waals surface area contributed by atoms with Crippen molar-refractivity contribution in [2.45, 2.75) is 13.0 Å². The van der Waals surface area contributed by atoms with Gasteiger partial charge in [0.1, 0.15) is 5.75 Å². The van der Waals surface area contributed by atoms with Gasteiger partial charge in [-0.1, -0.05) is 30.3 Å². The van der Waals surface area contributed by atoms with Crippen LogP contribution in [0.4, 0.5) is 0 Å². The number of hydrogen-bond donors (Lipinski definition) is 0. The molecule has 0 fully saturated rings. The van der Waals surface area contributed by atoms with Gasteiger partial charge < -0.3 is 13.7 Å². The fraction of sp³-hybridized carbons (Fsp3) is 0.150. The number of para-hydroxylation sites is 3. The Morgan fingerprint density at radius 3 is 2.58 bits per heavy atom. The molecule has 0 bridgehead atoms. The van der Waals surface area contributed by atoms with Crippen LogP contribution in [0.2, 0.25) is 0 Å². The molecule has 4 rings (SSSR count). The van der Waals surface area contributed by atoms with Gasteiger partial charge in [0.2, 0.25) is 0 Å². The summed E-state index contributed by atoms with van der Waals surface area (Å²) in [5.74, 6) is 2.55. The first-order chi connectivity index (χ1) is 11.9. The second-order valence-corrected chi connectivity index (χ2v) is 5.57. The summed E-state index contributed by atoms with van der Waals surface area (Å²) in [6.07, 6.45) is 2.57. The highest BCUT2D eigenvalue weighted by Crippen LogP contribution is 2.25. The van der Waals surface area contributed by atoms with E-state index >= 15 is 0 Å². The topological polar surface area (TPSA) is 40.2 Å². The smallest absolute Gasteiger partial charge is 0.177 e. The summed E-state index contributed by atoms with van der Waals surface area (Å²) in [5.41, 5.74) is 2.09. The Morgan fingerprint density at radius 2 is 1.75 bits per heavy atom. The summed E-state index contributed by atoms with van der Waals surface area (Å²) in [5, 5.41) is 0.